The fourth-order valence-electron chi connectivity index (χ4n) is 3.03. The molecule has 134 valence electrons. The Hall–Kier alpha value is -1.11. The number of hydrogen-bond donors (Lipinski definition) is 1. The molecule has 2 rings (SSSR count). The van der Waals surface area contributed by atoms with E-state index in [1.165, 1.54) is 0 Å². The zero-order valence-electron chi connectivity index (χ0n) is 15.1. The molecule has 1 aromatic rings. The van der Waals surface area contributed by atoms with Gasteiger partial charge in [-0.15, -0.1) is 0 Å². The Balaban J connectivity index is 1.96. The van der Waals surface area contributed by atoms with Crippen molar-refractivity contribution in [2.24, 2.45) is 0 Å². The van der Waals surface area contributed by atoms with Crippen LogP contribution in [-0.4, -0.2) is 67.6 Å². The van der Waals surface area contributed by atoms with Crippen molar-refractivity contribution in [3.63, 3.8) is 0 Å². The monoisotopic (exact) mass is 397 g/mol. The van der Waals surface area contributed by atoms with Crippen molar-refractivity contribution in [2.75, 3.05) is 46.4 Å². The molecule has 1 fully saturated rings. The summed E-state index contributed by atoms with van der Waals surface area (Å²) in [5, 5.41) is 3.07. The van der Waals surface area contributed by atoms with E-state index in [2.05, 4.69) is 51.8 Å². The lowest BCUT2D eigenvalue weighted by Gasteiger charge is -2.44. The first-order chi connectivity index (χ1) is 11.4. The molecule has 1 aromatic carbocycles. The van der Waals surface area contributed by atoms with Crippen LogP contribution in [0.25, 0.3) is 0 Å². The molecule has 0 bridgehead atoms. The van der Waals surface area contributed by atoms with Crippen LogP contribution in [0.1, 0.15) is 31.1 Å². The molecule has 0 spiro atoms. The van der Waals surface area contributed by atoms with Crippen molar-refractivity contribution >= 4 is 21.8 Å². The second-order valence-electron chi connectivity index (χ2n) is 6.76. The van der Waals surface area contributed by atoms with Crippen LogP contribution in [0.5, 0.6) is 5.75 Å². The molecule has 24 heavy (non-hydrogen) atoms. The van der Waals surface area contributed by atoms with Crippen LogP contribution < -0.4 is 10.1 Å². The summed E-state index contributed by atoms with van der Waals surface area (Å²) in [4.78, 5) is 17.5. The van der Waals surface area contributed by atoms with Crippen LogP contribution in [0.3, 0.4) is 0 Å². The molecule has 0 unspecified atom stereocenters. The molecule has 1 saturated heterocycles. The summed E-state index contributed by atoms with van der Waals surface area (Å²) >= 11 is 3.41. The van der Waals surface area contributed by atoms with Gasteiger partial charge in [-0.1, -0.05) is 22.9 Å². The Bertz CT molecular complexity index is 569. The number of carbonyl (C=O) groups excluding carboxylic acids is 1. The Morgan fingerprint density at radius 3 is 2.54 bits per heavy atom. The Labute approximate surface area is 153 Å². The van der Waals surface area contributed by atoms with E-state index in [0.717, 1.165) is 37.2 Å². The number of amides is 1. The van der Waals surface area contributed by atoms with E-state index in [9.17, 15) is 4.79 Å². The summed E-state index contributed by atoms with van der Waals surface area (Å²) in [6.45, 7) is 12.5. The van der Waals surface area contributed by atoms with Gasteiger partial charge in [0, 0.05) is 42.7 Å². The van der Waals surface area contributed by atoms with Gasteiger partial charge in [0.15, 0.2) is 0 Å². The minimum absolute atomic E-state index is 0.0747. The van der Waals surface area contributed by atoms with Gasteiger partial charge in [-0.3, -0.25) is 9.69 Å². The number of piperazine rings is 1. The lowest BCUT2D eigenvalue weighted by molar-refractivity contribution is 0.0521. The highest BCUT2D eigenvalue weighted by Crippen LogP contribution is 2.23. The molecule has 1 N–H and O–H groups in total. The molecular weight excluding hydrogens is 370 g/mol. The van der Waals surface area contributed by atoms with E-state index in [1.54, 1.807) is 19.2 Å². The second kappa shape index (κ2) is 8.32. The van der Waals surface area contributed by atoms with Gasteiger partial charge in [0.2, 0.25) is 0 Å². The van der Waals surface area contributed by atoms with Crippen LogP contribution in [0.2, 0.25) is 0 Å². The molecule has 1 amide bonds. The highest BCUT2D eigenvalue weighted by atomic mass is 79.9. The minimum Gasteiger partial charge on any atom is -0.496 e. The van der Waals surface area contributed by atoms with Crippen LogP contribution in [0, 0.1) is 0 Å². The smallest absolute Gasteiger partial charge is 0.255 e. The van der Waals surface area contributed by atoms with Crippen LogP contribution in [-0.2, 0) is 0 Å². The van der Waals surface area contributed by atoms with Crippen LogP contribution in [0.15, 0.2) is 22.7 Å². The zero-order valence-corrected chi connectivity index (χ0v) is 16.6. The number of ether oxygens (including phenoxy) is 1. The maximum Gasteiger partial charge on any atom is 0.255 e. The van der Waals surface area contributed by atoms with Gasteiger partial charge in [-0.05, 0) is 38.6 Å². The highest BCUT2D eigenvalue weighted by Gasteiger charge is 2.30. The lowest BCUT2D eigenvalue weighted by atomic mass is 10.0. The third kappa shape index (κ3) is 4.71. The van der Waals surface area contributed by atoms with Gasteiger partial charge in [-0.25, -0.2) is 0 Å². The average molecular weight is 398 g/mol. The SMILES string of the molecule is CCN1CCN(C(C)(C)CNC(=O)c2cc(Br)ccc2OC)CC1. The summed E-state index contributed by atoms with van der Waals surface area (Å²) in [7, 11) is 1.58. The number of likely N-dealkylation sites (N-methyl/N-ethyl adjacent to an activating group) is 1. The average Bonchev–Trinajstić information content (AvgIpc) is 2.59. The van der Waals surface area contributed by atoms with Crippen LogP contribution in [0.4, 0.5) is 0 Å². The summed E-state index contributed by atoms with van der Waals surface area (Å²) in [6.07, 6.45) is 0. The number of methoxy groups -OCH3 is 1. The van der Waals surface area contributed by atoms with Crippen molar-refractivity contribution in [1.82, 2.24) is 15.1 Å². The highest BCUT2D eigenvalue weighted by molar-refractivity contribution is 9.10. The third-order valence-electron chi connectivity index (χ3n) is 4.76. The Morgan fingerprint density at radius 2 is 1.96 bits per heavy atom. The summed E-state index contributed by atoms with van der Waals surface area (Å²) in [5.74, 6) is 0.485. The number of nitrogens with one attached hydrogen (secondary N) is 1. The fourth-order valence-corrected chi connectivity index (χ4v) is 3.39. The predicted molar refractivity (Wildman–Crippen MR) is 101 cm³/mol. The molecular formula is C18H28BrN3O2. The zero-order chi connectivity index (χ0) is 17.7. The van der Waals surface area contributed by atoms with Crippen molar-refractivity contribution in [1.29, 1.82) is 0 Å². The normalized spacial score (nSPS) is 16.9. The first-order valence-corrected chi connectivity index (χ1v) is 9.26. The Kier molecular flexibility index (Phi) is 6.66. The van der Waals surface area contributed by atoms with Crippen molar-refractivity contribution in [2.45, 2.75) is 26.3 Å². The van der Waals surface area contributed by atoms with Gasteiger partial charge in [0.25, 0.3) is 5.91 Å². The maximum atomic E-state index is 12.6. The standard InChI is InChI=1S/C18H28BrN3O2/c1-5-21-8-10-22(11-9-21)18(2,3)13-20-17(23)15-12-14(19)6-7-16(15)24-4/h6-7,12H,5,8-11,13H2,1-4H3,(H,20,23). The fraction of sp³-hybridized carbons (Fsp3) is 0.611. The lowest BCUT2D eigenvalue weighted by Crippen LogP contribution is -2.58. The number of rotatable bonds is 6. The van der Waals surface area contributed by atoms with Crippen molar-refractivity contribution < 1.29 is 9.53 Å². The molecule has 0 radical (unpaired) electrons. The van der Waals surface area contributed by atoms with E-state index in [0.29, 0.717) is 17.9 Å². The number of nitrogens with zero attached hydrogens (tertiary/aromatic N) is 2. The summed E-state index contributed by atoms with van der Waals surface area (Å²) in [6, 6.07) is 5.46. The number of hydrogen-bond acceptors (Lipinski definition) is 4. The van der Waals surface area contributed by atoms with Crippen molar-refractivity contribution in [3.05, 3.63) is 28.2 Å². The quantitative estimate of drug-likeness (QED) is 0.800. The van der Waals surface area contributed by atoms with Gasteiger partial charge in [-0.2, -0.15) is 0 Å². The first kappa shape index (κ1) is 19.2. The van der Waals surface area contributed by atoms with E-state index in [1.807, 2.05) is 6.07 Å². The molecule has 1 heterocycles. The number of carbonyl (C=O) groups is 1. The molecule has 0 atom stereocenters. The van der Waals surface area contributed by atoms with E-state index >= 15 is 0 Å². The predicted octanol–water partition coefficient (Wildman–Crippen LogP) is 2.60. The van der Waals surface area contributed by atoms with E-state index in [-0.39, 0.29) is 11.4 Å². The summed E-state index contributed by atoms with van der Waals surface area (Å²) in [5.41, 5.74) is 0.479. The van der Waals surface area contributed by atoms with Crippen molar-refractivity contribution in [3.8, 4) is 5.75 Å². The number of benzene rings is 1. The molecule has 6 heteroatoms. The first-order valence-electron chi connectivity index (χ1n) is 8.46. The molecule has 0 aromatic heterocycles. The van der Waals surface area contributed by atoms with Crippen LogP contribution >= 0.6 is 15.9 Å². The topological polar surface area (TPSA) is 44.8 Å². The molecule has 0 saturated carbocycles. The van der Waals surface area contributed by atoms with Gasteiger partial charge in [0.05, 0.1) is 12.7 Å². The molecule has 1 aliphatic heterocycles. The molecule has 1 aliphatic rings. The van der Waals surface area contributed by atoms with E-state index < -0.39 is 0 Å². The maximum absolute atomic E-state index is 12.6. The molecule has 5 nitrogen and oxygen atoms in total. The summed E-state index contributed by atoms with van der Waals surface area (Å²) < 4.78 is 6.16. The second-order valence-corrected chi connectivity index (χ2v) is 7.68. The van der Waals surface area contributed by atoms with Gasteiger partial charge >= 0.3 is 0 Å². The van der Waals surface area contributed by atoms with E-state index in [4.69, 9.17) is 4.74 Å². The Morgan fingerprint density at radius 1 is 1.29 bits per heavy atom. The largest absolute Gasteiger partial charge is 0.496 e. The van der Waals surface area contributed by atoms with Gasteiger partial charge < -0.3 is 15.0 Å². The molecule has 0 aliphatic carbocycles. The van der Waals surface area contributed by atoms with Gasteiger partial charge in [0.1, 0.15) is 5.75 Å². The third-order valence-corrected chi connectivity index (χ3v) is 5.26. The minimum atomic E-state index is -0.103. The number of halogens is 1.